The number of nitrogens with one attached hydrogen (secondary N) is 2. The number of anilines is 1. The molecule has 2 aromatic carbocycles. The van der Waals surface area contributed by atoms with Gasteiger partial charge in [0.05, 0.1) is 19.0 Å². The molecule has 8 heteroatoms. The number of hydrogen-bond acceptors (Lipinski definition) is 3. The highest BCUT2D eigenvalue weighted by Crippen LogP contribution is 2.19. The zero-order valence-corrected chi connectivity index (χ0v) is 18.5. The van der Waals surface area contributed by atoms with Gasteiger partial charge in [0.2, 0.25) is 0 Å². The van der Waals surface area contributed by atoms with Gasteiger partial charge in [0.15, 0.2) is 0 Å². The van der Waals surface area contributed by atoms with E-state index >= 15 is 0 Å². The molecule has 3 aromatic rings. The first-order chi connectivity index (χ1) is 15.2. The molecule has 32 heavy (non-hydrogen) atoms. The Morgan fingerprint density at radius 1 is 1.06 bits per heavy atom. The van der Waals surface area contributed by atoms with E-state index in [2.05, 4.69) is 10.6 Å². The summed E-state index contributed by atoms with van der Waals surface area (Å²) in [7, 11) is 0. The van der Waals surface area contributed by atoms with Crippen LogP contribution in [0.4, 0.5) is 10.5 Å². The molecule has 0 spiro atoms. The Morgan fingerprint density at radius 3 is 2.41 bits per heavy atom. The molecule has 166 valence electrons. The monoisotopic (exact) mass is 453 g/mol. The lowest BCUT2D eigenvalue weighted by atomic mass is 10.0. The summed E-state index contributed by atoms with van der Waals surface area (Å²) in [6.07, 6.45) is 1.40. The predicted molar refractivity (Wildman–Crippen MR) is 124 cm³/mol. The number of benzene rings is 2. The summed E-state index contributed by atoms with van der Waals surface area (Å²) in [6, 6.07) is 14.6. The first kappa shape index (κ1) is 23.1. The van der Waals surface area contributed by atoms with Crippen molar-refractivity contribution in [1.29, 1.82) is 0 Å². The fourth-order valence-corrected chi connectivity index (χ4v) is 3.54. The third kappa shape index (κ3) is 5.98. The first-order valence-electron chi connectivity index (χ1n) is 10.0. The zero-order valence-electron chi connectivity index (χ0n) is 17.8. The third-order valence-electron chi connectivity index (χ3n) is 4.93. The highest BCUT2D eigenvalue weighted by Gasteiger charge is 2.19. The summed E-state index contributed by atoms with van der Waals surface area (Å²) in [6.45, 7) is 3.98. The smallest absolute Gasteiger partial charge is 0.319 e. The standard InChI is InChI=1S/C24H24ClN3O4/c1-15-7-9-17(10-8-15)20(12-22(29)30)26-24(32)27-21-11-16(2)13-28(23(21)31)14-18-5-3-4-6-19(18)25/h3-11,13,20H,12,14H2,1-2H3,(H,29,30)(H2,26,27,32)/t20-/m1/s1. The second-order valence-electron chi connectivity index (χ2n) is 7.62. The number of carbonyl (C=O) groups is 2. The molecule has 1 atom stereocenters. The number of aromatic nitrogens is 1. The maximum Gasteiger partial charge on any atom is 0.319 e. The number of pyridine rings is 1. The molecule has 0 radical (unpaired) electrons. The van der Waals surface area contributed by atoms with Gasteiger partial charge in [-0.05, 0) is 42.7 Å². The molecule has 0 fully saturated rings. The second kappa shape index (κ2) is 10.2. The van der Waals surface area contributed by atoms with Crippen LogP contribution >= 0.6 is 11.6 Å². The van der Waals surface area contributed by atoms with Crippen LogP contribution in [0.1, 0.15) is 34.7 Å². The Balaban J connectivity index is 1.81. The van der Waals surface area contributed by atoms with E-state index in [9.17, 15) is 19.5 Å². The number of urea groups is 1. The number of carboxylic acids is 1. The summed E-state index contributed by atoms with van der Waals surface area (Å²) in [4.78, 5) is 36.9. The van der Waals surface area contributed by atoms with Gasteiger partial charge in [0.1, 0.15) is 5.69 Å². The van der Waals surface area contributed by atoms with Crippen LogP contribution in [0.25, 0.3) is 0 Å². The van der Waals surface area contributed by atoms with Gasteiger partial charge in [-0.3, -0.25) is 9.59 Å². The largest absolute Gasteiger partial charge is 0.481 e. The molecule has 0 aliphatic heterocycles. The molecule has 1 aromatic heterocycles. The Hall–Kier alpha value is -3.58. The number of carboxylic acid groups (broad SMARTS) is 1. The van der Waals surface area contributed by atoms with Gasteiger partial charge in [-0.15, -0.1) is 0 Å². The minimum absolute atomic E-state index is 0.0903. The van der Waals surface area contributed by atoms with Gasteiger partial charge in [0.25, 0.3) is 5.56 Å². The molecule has 0 saturated heterocycles. The minimum atomic E-state index is -1.05. The minimum Gasteiger partial charge on any atom is -0.481 e. The van der Waals surface area contributed by atoms with Gasteiger partial charge < -0.3 is 20.3 Å². The van der Waals surface area contributed by atoms with Crippen molar-refractivity contribution >= 4 is 29.3 Å². The lowest BCUT2D eigenvalue weighted by molar-refractivity contribution is -0.137. The van der Waals surface area contributed by atoms with E-state index in [1.807, 2.05) is 44.2 Å². The highest BCUT2D eigenvalue weighted by atomic mass is 35.5. The number of aryl methyl sites for hydroxylation is 2. The van der Waals surface area contributed by atoms with E-state index in [0.29, 0.717) is 10.6 Å². The average molecular weight is 454 g/mol. The molecule has 0 bridgehead atoms. The number of halogens is 1. The Labute approximate surface area is 190 Å². The fourth-order valence-electron chi connectivity index (χ4n) is 3.35. The molecule has 0 aliphatic carbocycles. The van der Waals surface area contributed by atoms with Crippen LogP contribution in [0.3, 0.4) is 0 Å². The van der Waals surface area contributed by atoms with E-state index in [-0.39, 0.29) is 18.7 Å². The molecular formula is C24H24ClN3O4. The second-order valence-corrected chi connectivity index (χ2v) is 8.02. The lowest BCUT2D eigenvalue weighted by Crippen LogP contribution is -2.36. The van der Waals surface area contributed by atoms with Crippen LogP contribution in [0.2, 0.25) is 5.02 Å². The molecule has 0 saturated carbocycles. The fraction of sp³-hybridized carbons (Fsp3) is 0.208. The molecule has 2 amide bonds. The summed E-state index contributed by atoms with van der Waals surface area (Å²) in [5, 5.41) is 15.0. The lowest BCUT2D eigenvalue weighted by Gasteiger charge is -2.18. The van der Waals surface area contributed by atoms with E-state index in [1.165, 1.54) is 4.57 Å². The normalized spacial score (nSPS) is 11.6. The maximum absolute atomic E-state index is 12.9. The number of amides is 2. The van der Waals surface area contributed by atoms with Crippen LogP contribution < -0.4 is 16.2 Å². The predicted octanol–water partition coefficient (Wildman–Crippen LogP) is 4.50. The Morgan fingerprint density at radius 2 is 1.75 bits per heavy atom. The summed E-state index contributed by atoms with van der Waals surface area (Å²) in [5.74, 6) is -1.05. The van der Waals surface area contributed by atoms with E-state index in [4.69, 9.17) is 11.6 Å². The highest BCUT2D eigenvalue weighted by molar-refractivity contribution is 6.31. The maximum atomic E-state index is 12.9. The molecule has 1 heterocycles. The van der Waals surface area contributed by atoms with Gasteiger partial charge in [-0.25, -0.2) is 4.79 Å². The van der Waals surface area contributed by atoms with Crippen molar-refractivity contribution in [3.8, 4) is 0 Å². The van der Waals surface area contributed by atoms with Crippen molar-refractivity contribution in [2.45, 2.75) is 32.9 Å². The molecule has 3 N–H and O–H groups in total. The number of nitrogens with zero attached hydrogens (tertiary/aromatic N) is 1. The van der Waals surface area contributed by atoms with Crippen molar-refractivity contribution in [2.24, 2.45) is 0 Å². The molecule has 0 unspecified atom stereocenters. The van der Waals surface area contributed by atoms with Crippen molar-refractivity contribution < 1.29 is 14.7 Å². The van der Waals surface area contributed by atoms with Crippen LogP contribution in [-0.4, -0.2) is 21.7 Å². The van der Waals surface area contributed by atoms with Crippen LogP contribution in [0.5, 0.6) is 0 Å². The Kier molecular flexibility index (Phi) is 7.33. The third-order valence-corrected chi connectivity index (χ3v) is 5.30. The summed E-state index contributed by atoms with van der Waals surface area (Å²) in [5.41, 5.74) is 2.92. The van der Waals surface area contributed by atoms with Gasteiger partial charge >= 0.3 is 12.0 Å². The molecular weight excluding hydrogens is 430 g/mol. The van der Waals surface area contributed by atoms with E-state index in [1.54, 1.807) is 30.5 Å². The van der Waals surface area contributed by atoms with E-state index < -0.39 is 23.6 Å². The number of carbonyl (C=O) groups excluding carboxylic acids is 1. The molecule has 7 nitrogen and oxygen atoms in total. The quantitative estimate of drug-likeness (QED) is 0.490. The van der Waals surface area contributed by atoms with Crippen molar-refractivity contribution in [3.63, 3.8) is 0 Å². The van der Waals surface area contributed by atoms with Crippen LogP contribution in [0, 0.1) is 13.8 Å². The number of hydrogen-bond donors (Lipinski definition) is 3. The van der Waals surface area contributed by atoms with E-state index in [0.717, 1.165) is 16.7 Å². The number of aliphatic carboxylic acids is 1. The van der Waals surface area contributed by atoms with Crippen molar-refractivity contribution in [3.05, 3.63) is 98.4 Å². The SMILES string of the molecule is Cc1ccc([C@@H](CC(=O)O)NC(=O)Nc2cc(C)cn(Cc3ccccc3Cl)c2=O)cc1. The topological polar surface area (TPSA) is 100 Å². The van der Waals surface area contributed by atoms with Crippen molar-refractivity contribution in [1.82, 2.24) is 9.88 Å². The van der Waals surface area contributed by atoms with Gasteiger partial charge in [0, 0.05) is 11.2 Å². The molecule has 3 rings (SSSR count). The van der Waals surface area contributed by atoms with Crippen molar-refractivity contribution in [2.75, 3.05) is 5.32 Å². The first-order valence-corrected chi connectivity index (χ1v) is 10.4. The summed E-state index contributed by atoms with van der Waals surface area (Å²) < 4.78 is 1.47. The number of rotatable bonds is 7. The summed E-state index contributed by atoms with van der Waals surface area (Å²) >= 11 is 6.21. The van der Waals surface area contributed by atoms with Crippen LogP contribution in [-0.2, 0) is 11.3 Å². The molecule has 0 aliphatic rings. The van der Waals surface area contributed by atoms with Gasteiger partial charge in [-0.2, -0.15) is 0 Å². The Bertz CT molecular complexity index is 1190. The van der Waals surface area contributed by atoms with Crippen LogP contribution in [0.15, 0.2) is 65.6 Å². The average Bonchev–Trinajstić information content (AvgIpc) is 2.72. The zero-order chi connectivity index (χ0) is 23.3. The van der Waals surface area contributed by atoms with Gasteiger partial charge in [-0.1, -0.05) is 59.6 Å².